The molecular formula is C19H23N5O2S. The van der Waals surface area contributed by atoms with E-state index in [-0.39, 0.29) is 12.6 Å². The first-order valence-electron chi connectivity index (χ1n) is 9.17. The molecule has 4 rings (SSSR count). The molecule has 0 spiro atoms. The molecule has 8 heteroatoms. The van der Waals surface area contributed by atoms with Crippen molar-refractivity contribution >= 4 is 27.2 Å². The van der Waals surface area contributed by atoms with Gasteiger partial charge in [0.05, 0.1) is 23.3 Å². The molecule has 2 aromatic heterocycles. The van der Waals surface area contributed by atoms with Gasteiger partial charge in [0.1, 0.15) is 6.54 Å². The van der Waals surface area contributed by atoms with Crippen LogP contribution in [0, 0.1) is 17.2 Å². The summed E-state index contributed by atoms with van der Waals surface area (Å²) in [5.41, 5.74) is 3.35. The molecule has 2 aromatic rings. The van der Waals surface area contributed by atoms with Gasteiger partial charge in [-0.1, -0.05) is 19.1 Å². The van der Waals surface area contributed by atoms with Crippen LogP contribution in [-0.2, 0) is 16.6 Å². The van der Waals surface area contributed by atoms with Crippen LogP contribution in [0.4, 0.5) is 0 Å². The number of piperidine rings is 1. The second kappa shape index (κ2) is 6.75. The van der Waals surface area contributed by atoms with E-state index in [0.29, 0.717) is 19.0 Å². The molecule has 1 fully saturated rings. The molecule has 0 unspecified atom stereocenters. The van der Waals surface area contributed by atoms with Crippen LogP contribution >= 0.6 is 0 Å². The summed E-state index contributed by atoms with van der Waals surface area (Å²) in [5.74, 6) is 0.350. The van der Waals surface area contributed by atoms with Gasteiger partial charge in [0.15, 0.2) is 0 Å². The Morgan fingerprint density at radius 2 is 2.26 bits per heavy atom. The molecule has 27 heavy (non-hydrogen) atoms. The van der Waals surface area contributed by atoms with Crippen LogP contribution in [0.5, 0.6) is 0 Å². The molecule has 0 N–H and O–H groups in total. The Kier molecular flexibility index (Phi) is 4.54. The maximum absolute atomic E-state index is 12.8. The molecule has 1 aliphatic carbocycles. The third kappa shape index (κ3) is 2.96. The van der Waals surface area contributed by atoms with Crippen molar-refractivity contribution in [2.45, 2.75) is 25.8 Å². The van der Waals surface area contributed by atoms with Gasteiger partial charge >= 0.3 is 0 Å². The maximum Gasteiger partial charge on any atom is 0.282 e. The van der Waals surface area contributed by atoms with Gasteiger partial charge in [-0.15, -0.1) is 0 Å². The van der Waals surface area contributed by atoms with Crippen LogP contribution in [0.15, 0.2) is 24.5 Å². The summed E-state index contributed by atoms with van der Waals surface area (Å²) >= 11 is 0. The van der Waals surface area contributed by atoms with Crippen molar-refractivity contribution < 1.29 is 8.42 Å². The summed E-state index contributed by atoms with van der Waals surface area (Å²) in [7, 11) is -2.17. The number of pyridine rings is 1. The molecule has 2 aliphatic rings. The fourth-order valence-corrected chi connectivity index (χ4v) is 5.38. The molecule has 3 heterocycles. The van der Waals surface area contributed by atoms with E-state index < -0.39 is 10.2 Å². The molecule has 1 saturated heterocycles. The summed E-state index contributed by atoms with van der Waals surface area (Å²) in [4.78, 5) is 4.54. The van der Waals surface area contributed by atoms with Gasteiger partial charge in [-0.3, -0.25) is 4.98 Å². The maximum atomic E-state index is 12.8. The molecule has 0 bridgehead atoms. The van der Waals surface area contributed by atoms with Crippen LogP contribution in [0.1, 0.15) is 30.6 Å². The highest BCUT2D eigenvalue weighted by Gasteiger charge is 2.36. The molecule has 1 aliphatic heterocycles. The number of hydrogen-bond acceptors (Lipinski definition) is 4. The van der Waals surface area contributed by atoms with E-state index in [1.807, 2.05) is 12.3 Å². The fourth-order valence-electron chi connectivity index (χ4n) is 4.09. The van der Waals surface area contributed by atoms with E-state index >= 15 is 0 Å². The number of hydrogen-bond donors (Lipinski definition) is 0. The number of nitriles is 1. The number of fused-ring (bicyclic) bond motifs is 3. The SMILES string of the molecule is C[C@@H]1CCN(S(=O)(=O)N(C)CC#N)C[C@@H]1n1ccc2cnc3c(c21)C=CC3. The molecule has 0 radical (unpaired) electrons. The van der Waals surface area contributed by atoms with Gasteiger partial charge in [-0.05, 0) is 18.4 Å². The van der Waals surface area contributed by atoms with Crippen molar-refractivity contribution in [1.82, 2.24) is 18.2 Å². The van der Waals surface area contributed by atoms with Crippen molar-refractivity contribution in [3.8, 4) is 6.07 Å². The third-order valence-electron chi connectivity index (χ3n) is 5.72. The van der Waals surface area contributed by atoms with Crippen LogP contribution in [0.25, 0.3) is 17.0 Å². The van der Waals surface area contributed by atoms with E-state index in [1.165, 1.54) is 11.4 Å². The summed E-state index contributed by atoms with van der Waals surface area (Å²) in [6.45, 7) is 2.92. The van der Waals surface area contributed by atoms with Crippen LogP contribution in [-0.4, -0.2) is 53.3 Å². The topological polar surface area (TPSA) is 82.2 Å². The standard InChI is InChI=1S/C19H23N5O2S/c1-14-6-9-23(27(25,26)22(2)11-8-20)13-18(14)24-10-7-15-12-21-17-5-3-4-16(17)19(15)24/h3-4,7,10,12,14,18H,5-6,9,11,13H2,1-2H3/t14-,18+/m1/s1. The lowest BCUT2D eigenvalue weighted by molar-refractivity contribution is 0.197. The number of aromatic nitrogens is 2. The predicted molar refractivity (Wildman–Crippen MR) is 104 cm³/mol. The summed E-state index contributed by atoms with van der Waals surface area (Å²) < 4.78 is 30.5. The molecule has 0 saturated carbocycles. The summed E-state index contributed by atoms with van der Waals surface area (Å²) in [6.07, 6.45) is 9.81. The zero-order valence-electron chi connectivity index (χ0n) is 15.5. The second-order valence-corrected chi connectivity index (χ2v) is 9.40. The largest absolute Gasteiger partial charge is 0.342 e. The minimum atomic E-state index is -3.63. The molecule has 0 aromatic carbocycles. The lowest BCUT2D eigenvalue weighted by atomic mass is 9.94. The van der Waals surface area contributed by atoms with Crippen LogP contribution in [0.3, 0.4) is 0 Å². The number of allylic oxidation sites excluding steroid dienone is 1. The van der Waals surface area contributed by atoms with Gasteiger partial charge in [-0.2, -0.15) is 22.3 Å². The first-order chi connectivity index (χ1) is 12.9. The van der Waals surface area contributed by atoms with E-state index in [1.54, 1.807) is 0 Å². The van der Waals surface area contributed by atoms with Gasteiger partial charge in [0.25, 0.3) is 10.2 Å². The number of rotatable bonds is 4. The van der Waals surface area contributed by atoms with Crippen molar-refractivity contribution in [3.05, 3.63) is 35.8 Å². The molecular weight excluding hydrogens is 362 g/mol. The Balaban J connectivity index is 1.72. The molecule has 0 amide bonds. The normalized spacial score (nSPS) is 23.0. The van der Waals surface area contributed by atoms with Crippen molar-refractivity contribution in [1.29, 1.82) is 5.26 Å². The average molecular weight is 385 g/mol. The number of nitrogens with zero attached hydrogens (tertiary/aromatic N) is 5. The van der Waals surface area contributed by atoms with Gasteiger partial charge in [-0.25, -0.2) is 0 Å². The lowest BCUT2D eigenvalue weighted by Gasteiger charge is -2.38. The Hall–Kier alpha value is -2.21. The second-order valence-electron chi connectivity index (χ2n) is 7.37. The highest BCUT2D eigenvalue weighted by atomic mass is 32.2. The summed E-state index contributed by atoms with van der Waals surface area (Å²) in [6, 6.07) is 4.01. The highest BCUT2D eigenvalue weighted by Crippen LogP contribution is 2.35. The molecule has 2 atom stereocenters. The zero-order chi connectivity index (χ0) is 19.2. The minimum absolute atomic E-state index is 0.0435. The Bertz CT molecular complexity index is 1050. The van der Waals surface area contributed by atoms with Crippen molar-refractivity contribution in [2.24, 2.45) is 5.92 Å². The molecule has 142 valence electrons. The Morgan fingerprint density at radius 1 is 1.44 bits per heavy atom. The van der Waals surface area contributed by atoms with Gasteiger partial charge in [0.2, 0.25) is 0 Å². The lowest BCUT2D eigenvalue weighted by Crippen LogP contribution is -2.49. The predicted octanol–water partition coefficient (Wildman–Crippen LogP) is 2.19. The van der Waals surface area contributed by atoms with Crippen LogP contribution < -0.4 is 0 Å². The van der Waals surface area contributed by atoms with Crippen molar-refractivity contribution in [3.63, 3.8) is 0 Å². The smallest absolute Gasteiger partial charge is 0.282 e. The zero-order valence-corrected chi connectivity index (χ0v) is 16.4. The van der Waals surface area contributed by atoms with Crippen molar-refractivity contribution in [2.75, 3.05) is 26.7 Å². The van der Waals surface area contributed by atoms with E-state index in [9.17, 15) is 8.42 Å². The van der Waals surface area contributed by atoms with E-state index in [0.717, 1.165) is 39.3 Å². The Labute approximate surface area is 159 Å². The van der Waals surface area contributed by atoms with E-state index in [4.69, 9.17) is 5.26 Å². The van der Waals surface area contributed by atoms with Crippen LogP contribution in [0.2, 0.25) is 0 Å². The van der Waals surface area contributed by atoms with E-state index in [2.05, 4.69) is 40.9 Å². The first-order valence-corrected chi connectivity index (χ1v) is 10.6. The van der Waals surface area contributed by atoms with Gasteiger partial charge in [0, 0.05) is 49.9 Å². The molecule has 7 nitrogen and oxygen atoms in total. The quantitative estimate of drug-likeness (QED) is 0.756. The fraction of sp³-hybridized carbons (Fsp3) is 0.474. The monoisotopic (exact) mass is 385 g/mol. The third-order valence-corrected chi connectivity index (χ3v) is 7.62. The van der Waals surface area contributed by atoms with Gasteiger partial charge < -0.3 is 4.57 Å². The first kappa shape index (κ1) is 18.2. The highest BCUT2D eigenvalue weighted by molar-refractivity contribution is 7.86. The minimum Gasteiger partial charge on any atom is -0.342 e. The summed E-state index contributed by atoms with van der Waals surface area (Å²) in [5, 5.41) is 9.94. The Morgan fingerprint density at radius 3 is 3.04 bits per heavy atom. The average Bonchev–Trinajstić information content (AvgIpc) is 3.28.